The third-order valence-corrected chi connectivity index (χ3v) is 4.40. The van der Waals surface area contributed by atoms with Crippen molar-refractivity contribution >= 4 is 17.7 Å². The maximum absolute atomic E-state index is 12.5. The smallest absolute Gasteiger partial charge is 0.354 e. The van der Waals surface area contributed by atoms with Crippen LogP contribution in [0, 0.1) is 6.92 Å². The predicted octanol–water partition coefficient (Wildman–Crippen LogP) is 2.80. The molecule has 0 spiro atoms. The molecule has 1 fully saturated rings. The van der Waals surface area contributed by atoms with Crippen molar-refractivity contribution in [1.82, 2.24) is 9.88 Å². The fourth-order valence-corrected chi connectivity index (χ4v) is 2.95. The Morgan fingerprint density at radius 2 is 1.80 bits per heavy atom. The lowest BCUT2D eigenvalue weighted by Crippen LogP contribution is -2.42. The van der Waals surface area contributed by atoms with Crippen molar-refractivity contribution in [3.05, 3.63) is 59.3 Å². The van der Waals surface area contributed by atoms with E-state index in [0.717, 1.165) is 18.4 Å². The molecule has 130 valence electrons. The molecular weight excluding hydrogens is 318 g/mol. The lowest BCUT2D eigenvalue weighted by Gasteiger charge is -2.32. The summed E-state index contributed by atoms with van der Waals surface area (Å²) in [5.74, 6) is -0.421. The summed E-state index contributed by atoms with van der Waals surface area (Å²) >= 11 is 0. The Labute approximate surface area is 146 Å². The van der Waals surface area contributed by atoms with Crippen LogP contribution in [0.2, 0.25) is 0 Å². The molecule has 0 radical (unpaired) electrons. The molecule has 1 aromatic carbocycles. The van der Waals surface area contributed by atoms with Gasteiger partial charge in [0.15, 0.2) is 5.69 Å². The predicted molar refractivity (Wildman–Crippen MR) is 94.9 cm³/mol. The minimum absolute atomic E-state index is 0.0250. The molecule has 6 heteroatoms. The first-order valence-electron chi connectivity index (χ1n) is 8.36. The zero-order chi connectivity index (χ0) is 17.8. The number of carboxylic acids is 1. The lowest BCUT2D eigenvalue weighted by molar-refractivity contribution is 0.0687. The van der Waals surface area contributed by atoms with Gasteiger partial charge in [0.1, 0.15) is 5.82 Å². The van der Waals surface area contributed by atoms with Crippen molar-refractivity contribution in [3.8, 4) is 0 Å². The third-order valence-electron chi connectivity index (χ3n) is 4.40. The number of rotatable bonds is 4. The maximum Gasteiger partial charge on any atom is 0.354 e. The molecule has 3 rings (SSSR count). The van der Waals surface area contributed by atoms with Crippen molar-refractivity contribution < 1.29 is 14.7 Å². The number of likely N-dealkylation sites (tertiary alicyclic amines) is 1. The summed E-state index contributed by atoms with van der Waals surface area (Å²) in [5.41, 5.74) is 1.88. The van der Waals surface area contributed by atoms with Gasteiger partial charge in [0.2, 0.25) is 0 Å². The second kappa shape index (κ2) is 7.34. The Balaban J connectivity index is 1.56. The number of nitrogens with one attached hydrogen (secondary N) is 1. The lowest BCUT2D eigenvalue weighted by atomic mass is 10.0. The molecule has 0 saturated carbocycles. The summed E-state index contributed by atoms with van der Waals surface area (Å²) in [4.78, 5) is 29.5. The number of carboxylic acid groups (broad SMARTS) is 1. The summed E-state index contributed by atoms with van der Waals surface area (Å²) in [5, 5.41) is 12.3. The summed E-state index contributed by atoms with van der Waals surface area (Å²) < 4.78 is 0. The summed E-state index contributed by atoms with van der Waals surface area (Å²) in [6, 6.07) is 12.7. The fraction of sp³-hybridized carbons (Fsp3) is 0.316. The van der Waals surface area contributed by atoms with Crippen LogP contribution >= 0.6 is 0 Å². The van der Waals surface area contributed by atoms with Crippen LogP contribution in [0.3, 0.4) is 0 Å². The highest BCUT2D eigenvalue weighted by Crippen LogP contribution is 2.18. The molecule has 0 atom stereocenters. The van der Waals surface area contributed by atoms with Crippen molar-refractivity contribution in [3.63, 3.8) is 0 Å². The number of aromatic nitrogens is 1. The summed E-state index contributed by atoms with van der Waals surface area (Å²) in [6.07, 6.45) is 1.60. The van der Waals surface area contributed by atoms with E-state index in [9.17, 15) is 9.59 Å². The number of hydrogen-bond donors (Lipinski definition) is 2. The molecule has 25 heavy (non-hydrogen) atoms. The molecular formula is C19H21N3O3. The average molecular weight is 339 g/mol. The zero-order valence-corrected chi connectivity index (χ0v) is 14.1. The number of amides is 1. The summed E-state index contributed by atoms with van der Waals surface area (Å²) in [7, 11) is 0. The largest absolute Gasteiger partial charge is 0.477 e. The fourth-order valence-electron chi connectivity index (χ4n) is 2.95. The van der Waals surface area contributed by atoms with Gasteiger partial charge in [-0.15, -0.1) is 0 Å². The highest BCUT2D eigenvalue weighted by Gasteiger charge is 2.23. The van der Waals surface area contributed by atoms with Crippen LogP contribution in [-0.2, 0) is 0 Å². The van der Waals surface area contributed by atoms with E-state index in [0.29, 0.717) is 24.5 Å². The van der Waals surface area contributed by atoms with E-state index >= 15 is 0 Å². The van der Waals surface area contributed by atoms with Crippen LogP contribution in [0.4, 0.5) is 5.82 Å². The van der Waals surface area contributed by atoms with Gasteiger partial charge in [-0.05, 0) is 44.0 Å². The molecule has 0 unspecified atom stereocenters. The minimum Gasteiger partial charge on any atom is -0.477 e. The number of pyridine rings is 1. The van der Waals surface area contributed by atoms with E-state index < -0.39 is 5.97 Å². The van der Waals surface area contributed by atoms with Crippen LogP contribution in [0.5, 0.6) is 0 Å². The molecule has 2 heterocycles. The van der Waals surface area contributed by atoms with Crippen molar-refractivity contribution in [2.45, 2.75) is 25.8 Å². The van der Waals surface area contributed by atoms with E-state index in [1.807, 2.05) is 36.1 Å². The van der Waals surface area contributed by atoms with Crippen molar-refractivity contribution in [2.75, 3.05) is 18.4 Å². The van der Waals surface area contributed by atoms with E-state index in [-0.39, 0.29) is 17.6 Å². The standard InChI is InChI=1S/C19H21N3O3/c1-13-5-7-14(8-6-13)18(23)22-11-9-15(10-12-22)20-17-4-2-3-16(21-17)19(24)25/h2-8,15H,9-12H2,1H3,(H,20,21)(H,24,25). The van der Waals surface area contributed by atoms with Gasteiger partial charge in [0, 0.05) is 24.7 Å². The molecule has 1 amide bonds. The Kier molecular flexibility index (Phi) is 4.97. The maximum atomic E-state index is 12.5. The number of hydrogen-bond acceptors (Lipinski definition) is 4. The van der Waals surface area contributed by atoms with E-state index in [2.05, 4.69) is 10.3 Å². The molecule has 2 aromatic rings. The number of benzene rings is 1. The Morgan fingerprint density at radius 3 is 2.44 bits per heavy atom. The van der Waals surface area contributed by atoms with Crippen molar-refractivity contribution in [1.29, 1.82) is 0 Å². The first kappa shape index (κ1) is 17.0. The SMILES string of the molecule is Cc1ccc(C(=O)N2CCC(Nc3cccc(C(=O)O)n3)CC2)cc1. The van der Waals surface area contributed by atoms with Gasteiger partial charge < -0.3 is 15.3 Å². The second-order valence-corrected chi connectivity index (χ2v) is 6.29. The first-order valence-corrected chi connectivity index (χ1v) is 8.36. The first-order chi connectivity index (χ1) is 12.0. The van der Waals surface area contributed by atoms with Gasteiger partial charge in [-0.25, -0.2) is 9.78 Å². The van der Waals surface area contributed by atoms with Crippen LogP contribution in [0.25, 0.3) is 0 Å². The van der Waals surface area contributed by atoms with Gasteiger partial charge in [-0.3, -0.25) is 4.79 Å². The van der Waals surface area contributed by atoms with Crippen molar-refractivity contribution in [2.24, 2.45) is 0 Å². The molecule has 2 N–H and O–H groups in total. The number of aryl methyl sites for hydroxylation is 1. The van der Waals surface area contributed by atoms with E-state index in [4.69, 9.17) is 5.11 Å². The highest BCUT2D eigenvalue weighted by molar-refractivity contribution is 5.94. The molecule has 0 aliphatic carbocycles. The number of aromatic carboxylic acids is 1. The highest BCUT2D eigenvalue weighted by atomic mass is 16.4. The number of piperidine rings is 1. The summed E-state index contributed by atoms with van der Waals surface area (Å²) in [6.45, 7) is 3.34. The Bertz CT molecular complexity index is 766. The van der Waals surface area contributed by atoms with E-state index in [1.54, 1.807) is 12.1 Å². The average Bonchev–Trinajstić information content (AvgIpc) is 2.63. The molecule has 1 saturated heterocycles. The molecule has 1 aliphatic rings. The van der Waals surface area contributed by atoms with Crippen LogP contribution in [0.15, 0.2) is 42.5 Å². The molecule has 0 bridgehead atoms. The quantitative estimate of drug-likeness (QED) is 0.895. The van der Waals surface area contributed by atoms with Crippen LogP contribution in [0.1, 0.15) is 39.3 Å². The van der Waals surface area contributed by atoms with Gasteiger partial charge in [-0.1, -0.05) is 23.8 Å². The van der Waals surface area contributed by atoms with Gasteiger partial charge in [0.25, 0.3) is 5.91 Å². The molecule has 6 nitrogen and oxygen atoms in total. The van der Waals surface area contributed by atoms with Gasteiger partial charge >= 0.3 is 5.97 Å². The number of anilines is 1. The Hall–Kier alpha value is -2.89. The van der Waals surface area contributed by atoms with E-state index in [1.165, 1.54) is 6.07 Å². The van der Waals surface area contributed by atoms with Crippen LogP contribution < -0.4 is 5.32 Å². The minimum atomic E-state index is -1.04. The normalized spacial score (nSPS) is 15.0. The Morgan fingerprint density at radius 1 is 1.12 bits per heavy atom. The monoisotopic (exact) mass is 339 g/mol. The van der Waals surface area contributed by atoms with Crippen LogP contribution in [-0.4, -0.2) is 46.0 Å². The number of nitrogens with zero attached hydrogens (tertiary/aromatic N) is 2. The third kappa shape index (κ3) is 4.15. The second-order valence-electron chi connectivity index (χ2n) is 6.29. The van der Waals surface area contributed by atoms with Gasteiger partial charge in [-0.2, -0.15) is 0 Å². The molecule has 1 aliphatic heterocycles. The zero-order valence-electron chi connectivity index (χ0n) is 14.1. The number of carbonyl (C=O) groups is 2. The van der Waals surface area contributed by atoms with Gasteiger partial charge in [0.05, 0.1) is 0 Å². The molecule has 1 aromatic heterocycles. The number of carbonyl (C=O) groups excluding carboxylic acids is 1. The topological polar surface area (TPSA) is 82.5 Å².